The van der Waals surface area contributed by atoms with Crippen molar-refractivity contribution < 1.29 is 9.59 Å². The lowest BCUT2D eigenvalue weighted by Crippen LogP contribution is -2.38. The first-order valence-corrected chi connectivity index (χ1v) is 9.45. The van der Waals surface area contributed by atoms with Crippen LogP contribution >= 0.6 is 15.9 Å². The highest BCUT2D eigenvalue weighted by Gasteiger charge is 2.21. The third-order valence-corrected chi connectivity index (χ3v) is 4.49. The Balaban J connectivity index is 2.04. The molecule has 0 bridgehead atoms. The van der Waals surface area contributed by atoms with Crippen molar-refractivity contribution >= 4 is 27.7 Å². The van der Waals surface area contributed by atoms with E-state index in [-0.39, 0.29) is 24.3 Å². The predicted octanol–water partition coefficient (Wildman–Crippen LogP) is 4.21. The molecule has 26 heavy (non-hydrogen) atoms. The number of carbonyl (C=O) groups is 2. The molecule has 0 aliphatic heterocycles. The fraction of sp³-hybridized carbons (Fsp3) is 0.333. The van der Waals surface area contributed by atoms with Crippen molar-refractivity contribution in [3.05, 3.63) is 70.2 Å². The SMILES string of the molecule is CC(C)(C)C(=O)NCCC(=O)N[C@H](c1ccccc1)c1ccc(Br)cc1. The summed E-state index contributed by atoms with van der Waals surface area (Å²) in [5.41, 5.74) is 1.56. The molecule has 0 unspecified atom stereocenters. The van der Waals surface area contributed by atoms with Gasteiger partial charge in [-0.25, -0.2) is 0 Å². The van der Waals surface area contributed by atoms with Crippen LogP contribution in [0.2, 0.25) is 0 Å². The lowest BCUT2D eigenvalue weighted by Gasteiger charge is -2.21. The van der Waals surface area contributed by atoms with Gasteiger partial charge in [0.25, 0.3) is 0 Å². The average Bonchev–Trinajstić information content (AvgIpc) is 2.60. The van der Waals surface area contributed by atoms with E-state index >= 15 is 0 Å². The van der Waals surface area contributed by atoms with Gasteiger partial charge >= 0.3 is 0 Å². The highest BCUT2D eigenvalue weighted by Crippen LogP contribution is 2.23. The summed E-state index contributed by atoms with van der Waals surface area (Å²) in [6.45, 7) is 5.87. The van der Waals surface area contributed by atoms with E-state index in [0.29, 0.717) is 6.54 Å². The predicted molar refractivity (Wildman–Crippen MR) is 108 cm³/mol. The maximum absolute atomic E-state index is 12.4. The molecule has 5 heteroatoms. The van der Waals surface area contributed by atoms with E-state index in [2.05, 4.69) is 26.6 Å². The average molecular weight is 417 g/mol. The van der Waals surface area contributed by atoms with Crippen LogP contribution in [-0.2, 0) is 9.59 Å². The summed E-state index contributed by atoms with van der Waals surface area (Å²) in [6, 6.07) is 17.5. The molecular formula is C21H25BrN2O2. The molecule has 2 aromatic carbocycles. The summed E-state index contributed by atoms with van der Waals surface area (Å²) in [4.78, 5) is 24.3. The normalized spacial score (nSPS) is 12.3. The van der Waals surface area contributed by atoms with Crippen molar-refractivity contribution in [1.29, 1.82) is 0 Å². The maximum Gasteiger partial charge on any atom is 0.225 e. The maximum atomic E-state index is 12.4. The van der Waals surface area contributed by atoms with Gasteiger partial charge in [-0.3, -0.25) is 9.59 Å². The van der Waals surface area contributed by atoms with E-state index < -0.39 is 5.41 Å². The number of halogens is 1. The molecule has 2 amide bonds. The molecule has 0 spiro atoms. The smallest absolute Gasteiger partial charge is 0.225 e. The van der Waals surface area contributed by atoms with Gasteiger partial charge in [0, 0.05) is 22.9 Å². The van der Waals surface area contributed by atoms with Gasteiger partial charge < -0.3 is 10.6 Å². The topological polar surface area (TPSA) is 58.2 Å². The van der Waals surface area contributed by atoms with Gasteiger partial charge in [0.1, 0.15) is 0 Å². The van der Waals surface area contributed by atoms with E-state index in [1.807, 2.05) is 75.4 Å². The second kappa shape index (κ2) is 8.99. The van der Waals surface area contributed by atoms with Gasteiger partial charge in [0.05, 0.1) is 6.04 Å². The number of nitrogens with one attached hydrogen (secondary N) is 2. The fourth-order valence-electron chi connectivity index (χ4n) is 2.45. The van der Waals surface area contributed by atoms with Crippen molar-refractivity contribution in [2.24, 2.45) is 5.41 Å². The molecule has 0 heterocycles. The van der Waals surface area contributed by atoms with Crippen LogP contribution in [0.4, 0.5) is 0 Å². The minimum absolute atomic E-state index is 0.0576. The van der Waals surface area contributed by atoms with E-state index in [1.54, 1.807) is 0 Å². The van der Waals surface area contributed by atoms with Gasteiger partial charge in [-0.15, -0.1) is 0 Å². The quantitative estimate of drug-likeness (QED) is 0.740. The summed E-state index contributed by atoms with van der Waals surface area (Å²) >= 11 is 3.44. The summed E-state index contributed by atoms with van der Waals surface area (Å²) < 4.78 is 0.990. The van der Waals surface area contributed by atoms with Gasteiger partial charge in [0.15, 0.2) is 0 Å². The van der Waals surface area contributed by atoms with Crippen LogP contribution in [0.25, 0.3) is 0 Å². The standard InChI is InChI=1S/C21H25BrN2O2/c1-21(2,3)20(26)23-14-13-18(25)24-19(15-7-5-4-6-8-15)16-9-11-17(22)12-10-16/h4-12,19H,13-14H2,1-3H3,(H,23,26)(H,24,25)/t19-/m1/s1. The number of hydrogen-bond donors (Lipinski definition) is 2. The molecule has 0 saturated carbocycles. The minimum atomic E-state index is -0.458. The fourth-order valence-corrected chi connectivity index (χ4v) is 2.71. The van der Waals surface area contributed by atoms with Crippen LogP contribution in [0, 0.1) is 5.41 Å². The monoisotopic (exact) mass is 416 g/mol. The molecule has 0 aromatic heterocycles. The molecule has 2 rings (SSSR count). The first-order chi connectivity index (χ1) is 12.3. The highest BCUT2D eigenvalue weighted by atomic mass is 79.9. The Morgan fingerprint density at radius 1 is 0.962 bits per heavy atom. The number of hydrogen-bond acceptors (Lipinski definition) is 2. The van der Waals surface area contributed by atoms with E-state index in [1.165, 1.54) is 0 Å². The van der Waals surface area contributed by atoms with E-state index in [4.69, 9.17) is 0 Å². The summed E-state index contributed by atoms with van der Waals surface area (Å²) in [5.74, 6) is -0.159. The molecule has 2 aromatic rings. The molecule has 2 N–H and O–H groups in total. The second-order valence-electron chi connectivity index (χ2n) is 7.22. The van der Waals surface area contributed by atoms with Crippen LogP contribution in [0.15, 0.2) is 59.1 Å². The Hall–Kier alpha value is -2.14. The van der Waals surface area contributed by atoms with Crippen molar-refractivity contribution in [3.63, 3.8) is 0 Å². The zero-order chi connectivity index (χ0) is 19.2. The molecule has 0 fully saturated rings. The molecule has 0 aliphatic carbocycles. The van der Waals surface area contributed by atoms with Gasteiger partial charge in [-0.1, -0.05) is 79.2 Å². The third-order valence-electron chi connectivity index (χ3n) is 3.96. The van der Waals surface area contributed by atoms with Crippen LogP contribution < -0.4 is 10.6 Å². The number of amides is 2. The summed E-state index contributed by atoms with van der Waals surface area (Å²) in [6.07, 6.45) is 0.238. The van der Waals surface area contributed by atoms with Crippen LogP contribution in [-0.4, -0.2) is 18.4 Å². The van der Waals surface area contributed by atoms with Crippen LogP contribution in [0.1, 0.15) is 44.4 Å². The first kappa shape index (κ1) is 20.2. The number of benzene rings is 2. The van der Waals surface area contributed by atoms with Crippen LogP contribution in [0.5, 0.6) is 0 Å². The highest BCUT2D eigenvalue weighted by molar-refractivity contribution is 9.10. The zero-order valence-corrected chi connectivity index (χ0v) is 17.0. The molecule has 4 nitrogen and oxygen atoms in total. The van der Waals surface area contributed by atoms with Gasteiger partial charge in [-0.2, -0.15) is 0 Å². The van der Waals surface area contributed by atoms with Crippen LogP contribution in [0.3, 0.4) is 0 Å². The summed E-state index contributed by atoms with van der Waals surface area (Å²) in [7, 11) is 0. The van der Waals surface area contributed by atoms with Crippen molar-refractivity contribution in [2.75, 3.05) is 6.54 Å². The first-order valence-electron chi connectivity index (χ1n) is 8.65. The molecule has 0 saturated heterocycles. The third kappa shape index (κ3) is 5.99. The van der Waals surface area contributed by atoms with Crippen molar-refractivity contribution in [1.82, 2.24) is 10.6 Å². The molecule has 0 radical (unpaired) electrons. The van der Waals surface area contributed by atoms with E-state index in [9.17, 15) is 9.59 Å². The van der Waals surface area contributed by atoms with Crippen molar-refractivity contribution in [2.45, 2.75) is 33.2 Å². The second-order valence-corrected chi connectivity index (χ2v) is 8.13. The number of rotatable bonds is 6. The Morgan fingerprint density at radius 2 is 1.54 bits per heavy atom. The largest absolute Gasteiger partial charge is 0.355 e. The lowest BCUT2D eigenvalue weighted by molar-refractivity contribution is -0.128. The Bertz CT molecular complexity index is 737. The zero-order valence-electron chi connectivity index (χ0n) is 15.4. The number of carbonyl (C=O) groups excluding carboxylic acids is 2. The Kier molecular flexibility index (Phi) is 6.98. The Morgan fingerprint density at radius 3 is 2.12 bits per heavy atom. The minimum Gasteiger partial charge on any atom is -0.355 e. The summed E-state index contributed by atoms with van der Waals surface area (Å²) in [5, 5.41) is 5.88. The van der Waals surface area contributed by atoms with Gasteiger partial charge in [-0.05, 0) is 23.3 Å². The van der Waals surface area contributed by atoms with E-state index in [0.717, 1.165) is 15.6 Å². The molecular weight excluding hydrogens is 392 g/mol. The van der Waals surface area contributed by atoms with Crippen molar-refractivity contribution in [3.8, 4) is 0 Å². The Labute approximate surface area is 163 Å². The molecule has 138 valence electrons. The lowest BCUT2D eigenvalue weighted by atomic mass is 9.96. The molecule has 0 aliphatic rings. The molecule has 1 atom stereocenters. The van der Waals surface area contributed by atoms with Gasteiger partial charge in [0.2, 0.25) is 11.8 Å².